The van der Waals surface area contributed by atoms with Crippen molar-refractivity contribution in [1.29, 1.82) is 0 Å². The van der Waals surface area contributed by atoms with E-state index in [1.165, 1.54) is 12.1 Å². The molecule has 0 spiro atoms. The van der Waals surface area contributed by atoms with Crippen molar-refractivity contribution in [2.45, 2.75) is 25.4 Å². The maximum atomic E-state index is 11.6. The molecule has 2 atom stereocenters. The number of hydrogen-bond donors (Lipinski definition) is 3. The van der Waals surface area contributed by atoms with Crippen molar-refractivity contribution < 1.29 is 9.72 Å². The molecular weight excluding hydrogens is 248 g/mol. The molecule has 0 bridgehead atoms. The van der Waals surface area contributed by atoms with Crippen LogP contribution >= 0.6 is 0 Å². The number of rotatable bonds is 6. The highest BCUT2D eigenvalue weighted by Crippen LogP contribution is 2.12. The van der Waals surface area contributed by atoms with Gasteiger partial charge in [-0.25, -0.2) is 0 Å². The molecule has 0 unspecified atom stereocenters. The van der Waals surface area contributed by atoms with Gasteiger partial charge in [-0.15, -0.1) is 0 Å². The summed E-state index contributed by atoms with van der Waals surface area (Å²) in [5, 5.41) is 13.1. The van der Waals surface area contributed by atoms with Crippen molar-refractivity contribution in [3.8, 4) is 0 Å². The normalized spacial score (nSPS) is 13.6. The second kappa shape index (κ2) is 6.81. The highest BCUT2D eigenvalue weighted by molar-refractivity contribution is 5.81. The number of carbonyl (C=O) groups is 1. The molecule has 7 nitrogen and oxygen atoms in total. The lowest BCUT2D eigenvalue weighted by molar-refractivity contribution is -0.384. The molecule has 19 heavy (non-hydrogen) atoms. The van der Waals surface area contributed by atoms with Gasteiger partial charge < -0.3 is 16.8 Å². The predicted octanol–water partition coefficient (Wildman–Crippen LogP) is -0.0720. The van der Waals surface area contributed by atoms with E-state index in [1.54, 1.807) is 19.1 Å². The van der Waals surface area contributed by atoms with Crippen LogP contribution in [-0.4, -0.2) is 29.5 Å². The number of nitrogens with two attached hydrogens (primary N) is 2. The van der Waals surface area contributed by atoms with Crippen LogP contribution in [0.1, 0.15) is 12.5 Å². The Morgan fingerprint density at radius 3 is 2.42 bits per heavy atom. The van der Waals surface area contributed by atoms with E-state index in [-0.39, 0.29) is 17.6 Å². The number of nitro benzene ring substituents is 1. The molecular formula is C12H18N4O3. The molecule has 1 rings (SSSR count). The van der Waals surface area contributed by atoms with Gasteiger partial charge in [-0.2, -0.15) is 0 Å². The Hall–Kier alpha value is -1.99. The lowest BCUT2D eigenvalue weighted by Gasteiger charge is -2.13. The van der Waals surface area contributed by atoms with E-state index in [0.717, 1.165) is 5.56 Å². The summed E-state index contributed by atoms with van der Waals surface area (Å²) in [6.45, 7) is 2.15. The molecule has 0 saturated heterocycles. The van der Waals surface area contributed by atoms with Gasteiger partial charge in [-0.05, 0) is 18.9 Å². The van der Waals surface area contributed by atoms with Gasteiger partial charge in [0.1, 0.15) is 0 Å². The largest absolute Gasteiger partial charge is 0.353 e. The fraction of sp³-hybridized carbons (Fsp3) is 0.417. The predicted molar refractivity (Wildman–Crippen MR) is 71.4 cm³/mol. The highest BCUT2D eigenvalue weighted by atomic mass is 16.6. The van der Waals surface area contributed by atoms with Gasteiger partial charge in [0.05, 0.1) is 11.0 Å². The average Bonchev–Trinajstić information content (AvgIpc) is 2.36. The van der Waals surface area contributed by atoms with E-state index in [9.17, 15) is 14.9 Å². The summed E-state index contributed by atoms with van der Waals surface area (Å²) in [5.74, 6) is -0.282. The number of nitrogens with one attached hydrogen (secondary N) is 1. The maximum absolute atomic E-state index is 11.6. The molecule has 0 aliphatic carbocycles. The van der Waals surface area contributed by atoms with E-state index in [0.29, 0.717) is 13.0 Å². The molecule has 0 saturated carbocycles. The van der Waals surface area contributed by atoms with Gasteiger partial charge in [-0.3, -0.25) is 14.9 Å². The van der Waals surface area contributed by atoms with Crippen molar-refractivity contribution in [3.63, 3.8) is 0 Å². The molecule has 104 valence electrons. The third-order valence-corrected chi connectivity index (χ3v) is 2.54. The minimum atomic E-state index is -0.694. The first-order chi connectivity index (χ1) is 8.90. The van der Waals surface area contributed by atoms with Gasteiger partial charge in [0.2, 0.25) is 5.91 Å². The summed E-state index contributed by atoms with van der Waals surface area (Å²) >= 11 is 0. The standard InChI is InChI=1S/C12H18N4O3/c1-8(13)7-15-12(17)11(14)6-9-2-4-10(5-3-9)16(18)19/h2-5,8,11H,6-7,13-14H2,1H3,(H,15,17)/t8-,11-/m0/s1. The quantitative estimate of drug-likeness (QED) is 0.491. The minimum Gasteiger partial charge on any atom is -0.353 e. The molecule has 1 aromatic carbocycles. The van der Waals surface area contributed by atoms with Gasteiger partial charge in [-0.1, -0.05) is 12.1 Å². The molecule has 7 heteroatoms. The highest BCUT2D eigenvalue weighted by Gasteiger charge is 2.14. The number of benzene rings is 1. The Morgan fingerprint density at radius 1 is 1.37 bits per heavy atom. The molecule has 0 aliphatic heterocycles. The Balaban J connectivity index is 2.54. The van der Waals surface area contributed by atoms with E-state index in [4.69, 9.17) is 11.5 Å². The van der Waals surface area contributed by atoms with Crippen molar-refractivity contribution in [2.24, 2.45) is 11.5 Å². The summed E-state index contributed by atoms with van der Waals surface area (Å²) in [5.41, 5.74) is 12.1. The second-order valence-corrected chi connectivity index (χ2v) is 4.46. The molecule has 0 radical (unpaired) electrons. The molecule has 0 heterocycles. The van der Waals surface area contributed by atoms with Gasteiger partial charge in [0.15, 0.2) is 0 Å². The Labute approximate surface area is 111 Å². The summed E-state index contributed by atoms with van der Waals surface area (Å²) in [6, 6.07) is 5.15. The fourth-order valence-electron chi connectivity index (χ4n) is 1.49. The SMILES string of the molecule is C[C@H](N)CNC(=O)[C@@H](N)Cc1ccc([N+](=O)[O-])cc1. The van der Waals surface area contributed by atoms with Crippen molar-refractivity contribution in [3.05, 3.63) is 39.9 Å². The van der Waals surface area contributed by atoms with Gasteiger partial charge in [0.25, 0.3) is 5.69 Å². The van der Waals surface area contributed by atoms with Crippen LogP contribution in [-0.2, 0) is 11.2 Å². The van der Waals surface area contributed by atoms with E-state index in [1.807, 2.05) is 0 Å². The Morgan fingerprint density at radius 2 is 1.95 bits per heavy atom. The molecule has 5 N–H and O–H groups in total. The second-order valence-electron chi connectivity index (χ2n) is 4.46. The van der Waals surface area contributed by atoms with Crippen LogP contribution in [0, 0.1) is 10.1 Å². The zero-order chi connectivity index (χ0) is 14.4. The zero-order valence-corrected chi connectivity index (χ0v) is 10.7. The van der Waals surface area contributed by atoms with Crippen LogP contribution in [0.3, 0.4) is 0 Å². The first-order valence-corrected chi connectivity index (χ1v) is 5.92. The van der Waals surface area contributed by atoms with Crippen molar-refractivity contribution in [2.75, 3.05) is 6.54 Å². The first-order valence-electron chi connectivity index (χ1n) is 5.92. The number of carbonyl (C=O) groups excluding carboxylic acids is 1. The van der Waals surface area contributed by atoms with Gasteiger partial charge in [0, 0.05) is 24.7 Å². The van der Waals surface area contributed by atoms with E-state index in [2.05, 4.69) is 5.32 Å². The Kier molecular flexibility index (Phi) is 5.40. The smallest absolute Gasteiger partial charge is 0.269 e. The third kappa shape index (κ3) is 5.02. The molecule has 0 aliphatic rings. The number of hydrogen-bond acceptors (Lipinski definition) is 5. The summed E-state index contributed by atoms with van der Waals surface area (Å²) in [4.78, 5) is 21.7. The molecule has 0 fully saturated rings. The Bertz CT molecular complexity index is 445. The van der Waals surface area contributed by atoms with Crippen LogP contribution < -0.4 is 16.8 Å². The van der Waals surface area contributed by atoms with Crippen LogP contribution in [0.25, 0.3) is 0 Å². The number of amides is 1. The van der Waals surface area contributed by atoms with Crippen LogP contribution in [0.5, 0.6) is 0 Å². The zero-order valence-electron chi connectivity index (χ0n) is 10.7. The van der Waals surface area contributed by atoms with Crippen molar-refractivity contribution >= 4 is 11.6 Å². The topological polar surface area (TPSA) is 124 Å². The molecule has 0 aromatic heterocycles. The fourth-order valence-corrected chi connectivity index (χ4v) is 1.49. The van der Waals surface area contributed by atoms with E-state index >= 15 is 0 Å². The molecule has 1 amide bonds. The van der Waals surface area contributed by atoms with Crippen LogP contribution in [0.15, 0.2) is 24.3 Å². The monoisotopic (exact) mass is 266 g/mol. The third-order valence-electron chi connectivity index (χ3n) is 2.54. The lowest BCUT2D eigenvalue weighted by Crippen LogP contribution is -2.45. The summed E-state index contributed by atoms with van der Waals surface area (Å²) in [6.07, 6.45) is 0.322. The summed E-state index contributed by atoms with van der Waals surface area (Å²) in [7, 11) is 0. The van der Waals surface area contributed by atoms with Crippen LogP contribution in [0.2, 0.25) is 0 Å². The average molecular weight is 266 g/mol. The van der Waals surface area contributed by atoms with E-state index < -0.39 is 11.0 Å². The van der Waals surface area contributed by atoms with Crippen molar-refractivity contribution in [1.82, 2.24) is 5.32 Å². The number of nitrogens with zero attached hydrogens (tertiary/aromatic N) is 1. The summed E-state index contributed by atoms with van der Waals surface area (Å²) < 4.78 is 0. The maximum Gasteiger partial charge on any atom is 0.269 e. The minimum absolute atomic E-state index is 0.0127. The van der Waals surface area contributed by atoms with Gasteiger partial charge >= 0.3 is 0 Å². The number of non-ortho nitro benzene ring substituents is 1. The van der Waals surface area contributed by atoms with Crippen LogP contribution in [0.4, 0.5) is 5.69 Å². The number of nitro groups is 1. The molecule has 1 aromatic rings. The lowest BCUT2D eigenvalue weighted by atomic mass is 10.1. The first kappa shape index (κ1) is 15.1.